The van der Waals surface area contributed by atoms with E-state index in [9.17, 15) is 4.79 Å². The number of carboxylic acids is 1. The third kappa shape index (κ3) is 2.97. The summed E-state index contributed by atoms with van der Waals surface area (Å²) < 4.78 is 0. The highest BCUT2D eigenvalue weighted by atomic mass is 16.4. The Balaban J connectivity index is 1.74. The topological polar surface area (TPSA) is 40.5 Å². The van der Waals surface area contributed by atoms with Gasteiger partial charge >= 0.3 is 5.97 Å². The first-order valence-electron chi connectivity index (χ1n) is 6.43. The van der Waals surface area contributed by atoms with Crippen molar-refractivity contribution in [1.29, 1.82) is 0 Å². The molecule has 2 rings (SSSR count). The minimum atomic E-state index is -0.646. The predicted molar refractivity (Wildman–Crippen MR) is 63.3 cm³/mol. The molecule has 0 radical (unpaired) electrons. The Kier molecular flexibility index (Phi) is 3.24. The maximum Gasteiger partial charge on any atom is 0.303 e. The van der Waals surface area contributed by atoms with E-state index in [1.54, 1.807) is 0 Å². The van der Waals surface area contributed by atoms with Gasteiger partial charge in [0.15, 0.2) is 0 Å². The highest BCUT2D eigenvalue weighted by Crippen LogP contribution is 2.52. The lowest BCUT2D eigenvalue weighted by Crippen LogP contribution is -2.50. The normalized spacial score (nSPS) is 24.4. The summed E-state index contributed by atoms with van der Waals surface area (Å²) in [4.78, 5) is 13.2. The lowest BCUT2D eigenvalue weighted by molar-refractivity contribution is -0.138. The van der Waals surface area contributed by atoms with Crippen LogP contribution in [0.25, 0.3) is 0 Å². The van der Waals surface area contributed by atoms with Crippen molar-refractivity contribution in [3.05, 3.63) is 0 Å². The summed E-state index contributed by atoms with van der Waals surface area (Å²) in [6.45, 7) is 7.79. The van der Waals surface area contributed by atoms with Gasteiger partial charge in [-0.05, 0) is 36.5 Å². The Hall–Kier alpha value is -0.570. The molecule has 1 saturated carbocycles. The highest BCUT2D eigenvalue weighted by molar-refractivity contribution is 5.67. The number of nitrogens with zero attached hydrogens (tertiary/aromatic N) is 1. The van der Waals surface area contributed by atoms with Gasteiger partial charge < -0.3 is 10.0 Å². The number of carbonyl (C=O) groups is 1. The molecule has 0 aromatic rings. The Morgan fingerprint density at radius 3 is 2.44 bits per heavy atom. The zero-order chi connectivity index (χ0) is 11.8. The van der Waals surface area contributed by atoms with E-state index in [1.165, 1.54) is 25.9 Å². The van der Waals surface area contributed by atoms with Gasteiger partial charge in [-0.15, -0.1) is 0 Å². The van der Waals surface area contributed by atoms with Gasteiger partial charge in [0.1, 0.15) is 0 Å². The average molecular weight is 225 g/mol. The van der Waals surface area contributed by atoms with Crippen molar-refractivity contribution in [1.82, 2.24) is 4.90 Å². The minimum Gasteiger partial charge on any atom is -0.481 e. The summed E-state index contributed by atoms with van der Waals surface area (Å²) in [5, 5.41) is 8.90. The third-order valence-electron chi connectivity index (χ3n) is 3.86. The van der Waals surface area contributed by atoms with Crippen LogP contribution < -0.4 is 0 Å². The SMILES string of the molecule is CC(C)CC(CC(=O)O)CN1CC2(CC2)C1. The molecule has 0 aromatic heterocycles. The number of rotatable bonds is 6. The zero-order valence-corrected chi connectivity index (χ0v) is 10.4. The van der Waals surface area contributed by atoms with Gasteiger partial charge in [0.05, 0.1) is 0 Å². The average Bonchev–Trinajstić information content (AvgIpc) is 2.80. The maximum atomic E-state index is 10.8. The predicted octanol–water partition coefficient (Wildman–Crippen LogP) is 2.22. The summed E-state index contributed by atoms with van der Waals surface area (Å²) >= 11 is 0. The van der Waals surface area contributed by atoms with Gasteiger partial charge in [-0.1, -0.05) is 13.8 Å². The molecule has 1 atom stereocenters. The van der Waals surface area contributed by atoms with Crippen LogP contribution in [0.5, 0.6) is 0 Å². The van der Waals surface area contributed by atoms with Crippen molar-refractivity contribution < 1.29 is 9.90 Å². The molecule has 1 saturated heterocycles. The Bertz CT molecular complexity index is 263. The van der Waals surface area contributed by atoms with E-state index in [4.69, 9.17) is 5.11 Å². The molecule has 2 fully saturated rings. The van der Waals surface area contributed by atoms with Gasteiger partial charge in [0.2, 0.25) is 0 Å². The smallest absolute Gasteiger partial charge is 0.303 e. The van der Waals surface area contributed by atoms with Crippen molar-refractivity contribution in [2.45, 2.75) is 39.5 Å². The van der Waals surface area contributed by atoms with Crippen LogP contribution in [0, 0.1) is 17.3 Å². The number of aliphatic carboxylic acids is 1. The van der Waals surface area contributed by atoms with Gasteiger partial charge in [-0.2, -0.15) is 0 Å². The fraction of sp³-hybridized carbons (Fsp3) is 0.923. The van der Waals surface area contributed by atoms with Crippen LogP contribution in [0.1, 0.15) is 39.5 Å². The summed E-state index contributed by atoms with van der Waals surface area (Å²) in [6, 6.07) is 0. The van der Waals surface area contributed by atoms with E-state index in [2.05, 4.69) is 18.7 Å². The molecule has 3 nitrogen and oxygen atoms in total. The van der Waals surface area contributed by atoms with Crippen LogP contribution in [0.3, 0.4) is 0 Å². The summed E-state index contributed by atoms with van der Waals surface area (Å²) in [6.07, 6.45) is 4.17. The first-order valence-corrected chi connectivity index (χ1v) is 6.43. The van der Waals surface area contributed by atoms with E-state index in [0.29, 0.717) is 23.7 Å². The van der Waals surface area contributed by atoms with Crippen molar-refractivity contribution in [2.75, 3.05) is 19.6 Å². The molecular weight excluding hydrogens is 202 g/mol. The molecule has 16 heavy (non-hydrogen) atoms. The monoisotopic (exact) mass is 225 g/mol. The molecule has 92 valence electrons. The van der Waals surface area contributed by atoms with Gasteiger partial charge in [0.25, 0.3) is 0 Å². The van der Waals surface area contributed by atoms with Gasteiger partial charge in [0, 0.05) is 26.1 Å². The van der Waals surface area contributed by atoms with E-state index in [0.717, 1.165) is 13.0 Å². The van der Waals surface area contributed by atoms with Crippen molar-refractivity contribution in [2.24, 2.45) is 17.3 Å². The van der Waals surface area contributed by atoms with Gasteiger partial charge in [-0.25, -0.2) is 0 Å². The lowest BCUT2D eigenvalue weighted by atomic mass is 9.90. The standard InChI is InChI=1S/C13H23NO2/c1-10(2)5-11(6-12(15)16)7-14-8-13(9-14)3-4-13/h10-11H,3-9H2,1-2H3,(H,15,16). The van der Waals surface area contributed by atoms with Crippen molar-refractivity contribution in [3.63, 3.8) is 0 Å². The fourth-order valence-electron chi connectivity index (χ4n) is 3.03. The van der Waals surface area contributed by atoms with E-state index in [1.807, 2.05) is 0 Å². The molecule has 1 aliphatic heterocycles. The number of likely N-dealkylation sites (tertiary alicyclic amines) is 1. The van der Waals surface area contributed by atoms with Crippen LogP contribution >= 0.6 is 0 Å². The molecule has 1 N–H and O–H groups in total. The third-order valence-corrected chi connectivity index (χ3v) is 3.86. The van der Waals surface area contributed by atoms with Crippen LogP contribution in [0.15, 0.2) is 0 Å². The minimum absolute atomic E-state index is 0.335. The Morgan fingerprint density at radius 2 is 2.00 bits per heavy atom. The largest absolute Gasteiger partial charge is 0.481 e. The zero-order valence-electron chi connectivity index (χ0n) is 10.4. The Morgan fingerprint density at radius 1 is 1.38 bits per heavy atom. The molecular formula is C13H23NO2. The van der Waals surface area contributed by atoms with Crippen LogP contribution in [0.2, 0.25) is 0 Å². The number of carboxylic acid groups (broad SMARTS) is 1. The summed E-state index contributed by atoms with van der Waals surface area (Å²) in [5.41, 5.74) is 0.686. The molecule has 0 amide bonds. The molecule has 1 heterocycles. The highest BCUT2D eigenvalue weighted by Gasteiger charge is 2.52. The molecule has 1 unspecified atom stereocenters. The molecule has 2 aliphatic rings. The first kappa shape index (κ1) is 11.9. The van der Waals surface area contributed by atoms with Crippen molar-refractivity contribution in [3.8, 4) is 0 Å². The number of hydrogen-bond acceptors (Lipinski definition) is 2. The summed E-state index contributed by atoms with van der Waals surface area (Å²) in [5.74, 6) is 0.293. The molecule has 1 aliphatic carbocycles. The van der Waals surface area contributed by atoms with Gasteiger partial charge in [-0.3, -0.25) is 4.79 Å². The van der Waals surface area contributed by atoms with E-state index in [-0.39, 0.29) is 0 Å². The first-order chi connectivity index (χ1) is 7.49. The molecule has 0 bridgehead atoms. The van der Waals surface area contributed by atoms with Crippen LogP contribution in [-0.2, 0) is 4.79 Å². The maximum absolute atomic E-state index is 10.8. The fourth-order valence-corrected chi connectivity index (χ4v) is 3.03. The van der Waals surface area contributed by atoms with Crippen LogP contribution in [-0.4, -0.2) is 35.6 Å². The molecule has 0 aromatic carbocycles. The molecule has 3 heteroatoms. The second-order valence-electron chi connectivity index (χ2n) is 6.26. The summed E-state index contributed by atoms with van der Waals surface area (Å²) in [7, 11) is 0. The second-order valence-corrected chi connectivity index (χ2v) is 6.26. The second kappa shape index (κ2) is 4.36. The van der Waals surface area contributed by atoms with Crippen LogP contribution in [0.4, 0.5) is 0 Å². The Labute approximate surface area is 97.8 Å². The van der Waals surface area contributed by atoms with E-state index >= 15 is 0 Å². The lowest BCUT2D eigenvalue weighted by Gasteiger charge is -2.42. The van der Waals surface area contributed by atoms with Crippen molar-refractivity contribution >= 4 is 5.97 Å². The quantitative estimate of drug-likeness (QED) is 0.753. The number of hydrogen-bond donors (Lipinski definition) is 1. The van der Waals surface area contributed by atoms with E-state index < -0.39 is 5.97 Å². The molecule has 1 spiro atoms.